The normalized spacial score (nSPS) is 26.1. The number of aryl methyl sites for hydroxylation is 1. The van der Waals surface area contributed by atoms with Crippen LogP contribution in [0.15, 0.2) is 4.52 Å². The lowest BCUT2D eigenvalue weighted by Gasteiger charge is -2.30. The Hall–Kier alpha value is -0.940. The van der Waals surface area contributed by atoms with Crippen molar-refractivity contribution in [3.63, 3.8) is 0 Å². The van der Waals surface area contributed by atoms with Crippen LogP contribution in [-0.2, 0) is 6.42 Å². The van der Waals surface area contributed by atoms with Crippen LogP contribution in [0.2, 0.25) is 0 Å². The van der Waals surface area contributed by atoms with E-state index in [1.54, 1.807) is 0 Å². The third kappa shape index (κ3) is 3.15. The van der Waals surface area contributed by atoms with Crippen LogP contribution in [0.1, 0.15) is 49.9 Å². The van der Waals surface area contributed by atoms with Crippen molar-refractivity contribution >= 4 is 0 Å². The van der Waals surface area contributed by atoms with Crippen molar-refractivity contribution in [2.24, 2.45) is 5.92 Å². The van der Waals surface area contributed by atoms with Gasteiger partial charge in [-0.05, 0) is 19.4 Å². The monoisotopic (exact) mass is 264 g/mol. The van der Waals surface area contributed by atoms with Crippen molar-refractivity contribution in [1.29, 1.82) is 0 Å². The number of nitrogens with one attached hydrogen (secondary N) is 1. The maximum absolute atomic E-state index is 5.41. The van der Waals surface area contributed by atoms with Gasteiger partial charge < -0.3 is 9.84 Å². The van der Waals surface area contributed by atoms with E-state index in [0.29, 0.717) is 0 Å². The Kier molecular flexibility index (Phi) is 4.13. The van der Waals surface area contributed by atoms with Crippen molar-refractivity contribution < 1.29 is 4.52 Å². The van der Waals surface area contributed by atoms with Crippen LogP contribution in [0.5, 0.6) is 0 Å². The van der Waals surface area contributed by atoms with E-state index >= 15 is 0 Å². The summed E-state index contributed by atoms with van der Waals surface area (Å²) < 4.78 is 5.41. The highest BCUT2D eigenvalue weighted by Crippen LogP contribution is 2.28. The standard InChI is InChI=1S/C14H24N4O/c1-18-9-8-15-10-12(18)14-16-13(19-17-14)7-6-11-4-2-3-5-11/h11-12,15H,2-10H2,1H3. The summed E-state index contributed by atoms with van der Waals surface area (Å²) in [5.74, 6) is 2.55. The smallest absolute Gasteiger partial charge is 0.226 e. The van der Waals surface area contributed by atoms with E-state index in [-0.39, 0.29) is 6.04 Å². The first-order valence-corrected chi connectivity index (χ1v) is 7.56. The first-order valence-electron chi connectivity index (χ1n) is 7.56. The number of hydrogen-bond donors (Lipinski definition) is 1. The summed E-state index contributed by atoms with van der Waals surface area (Å²) in [6, 6.07) is 0.262. The molecule has 0 aromatic carbocycles. The van der Waals surface area contributed by atoms with Gasteiger partial charge in [-0.1, -0.05) is 30.8 Å². The molecular weight excluding hydrogens is 240 g/mol. The van der Waals surface area contributed by atoms with E-state index in [2.05, 4.69) is 27.4 Å². The zero-order valence-corrected chi connectivity index (χ0v) is 11.8. The van der Waals surface area contributed by atoms with Crippen LogP contribution >= 0.6 is 0 Å². The number of likely N-dealkylation sites (N-methyl/N-ethyl adjacent to an activating group) is 1. The van der Waals surface area contributed by atoms with Gasteiger partial charge in [-0.2, -0.15) is 4.98 Å². The molecule has 106 valence electrons. The Bertz CT molecular complexity index is 400. The van der Waals surface area contributed by atoms with Gasteiger partial charge >= 0.3 is 0 Å². The minimum absolute atomic E-state index is 0.262. The first-order chi connectivity index (χ1) is 9.33. The molecule has 19 heavy (non-hydrogen) atoms. The quantitative estimate of drug-likeness (QED) is 0.898. The molecule has 1 saturated heterocycles. The van der Waals surface area contributed by atoms with Crippen LogP contribution in [0, 0.1) is 5.92 Å². The van der Waals surface area contributed by atoms with Crippen molar-refractivity contribution in [3.8, 4) is 0 Å². The number of nitrogens with zero attached hydrogens (tertiary/aromatic N) is 3. The van der Waals surface area contributed by atoms with Gasteiger partial charge in [-0.25, -0.2) is 0 Å². The molecule has 1 aromatic rings. The highest BCUT2D eigenvalue weighted by Gasteiger charge is 2.25. The van der Waals surface area contributed by atoms with Crippen LogP contribution in [0.25, 0.3) is 0 Å². The summed E-state index contributed by atoms with van der Waals surface area (Å²) in [4.78, 5) is 6.88. The second-order valence-electron chi connectivity index (χ2n) is 5.94. The summed E-state index contributed by atoms with van der Waals surface area (Å²) in [5.41, 5.74) is 0. The Morgan fingerprint density at radius 1 is 1.37 bits per heavy atom. The Morgan fingerprint density at radius 3 is 3.00 bits per heavy atom. The van der Waals surface area contributed by atoms with Crippen LogP contribution in [0.4, 0.5) is 0 Å². The van der Waals surface area contributed by atoms with Gasteiger partial charge in [0.2, 0.25) is 5.89 Å². The third-order valence-electron chi connectivity index (χ3n) is 4.53. The molecule has 2 aliphatic rings. The molecule has 5 heteroatoms. The van der Waals surface area contributed by atoms with Crippen molar-refractivity contribution in [2.75, 3.05) is 26.7 Å². The van der Waals surface area contributed by atoms with E-state index in [0.717, 1.165) is 43.7 Å². The zero-order valence-electron chi connectivity index (χ0n) is 11.8. The lowest BCUT2D eigenvalue weighted by Crippen LogP contribution is -2.44. The van der Waals surface area contributed by atoms with Crippen molar-refractivity contribution in [3.05, 3.63) is 11.7 Å². The molecule has 0 radical (unpaired) electrons. The van der Waals surface area contributed by atoms with Gasteiger partial charge in [0.15, 0.2) is 5.82 Å². The molecule has 1 atom stereocenters. The summed E-state index contributed by atoms with van der Waals surface area (Å²) in [6.45, 7) is 2.99. The van der Waals surface area contributed by atoms with E-state index in [9.17, 15) is 0 Å². The summed E-state index contributed by atoms with van der Waals surface area (Å²) in [6.07, 6.45) is 7.73. The van der Waals surface area contributed by atoms with E-state index in [4.69, 9.17) is 4.52 Å². The highest BCUT2D eigenvalue weighted by atomic mass is 16.5. The van der Waals surface area contributed by atoms with Gasteiger partial charge in [0.05, 0.1) is 6.04 Å². The molecular formula is C14H24N4O. The SMILES string of the molecule is CN1CCNCC1c1noc(CCC2CCCC2)n1. The molecule has 1 N–H and O–H groups in total. The van der Waals surface area contributed by atoms with Crippen LogP contribution in [-0.4, -0.2) is 41.7 Å². The van der Waals surface area contributed by atoms with Gasteiger partial charge in [0, 0.05) is 26.1 Å². The Morgan fingerprint density at radius 2 is 2.21 bits per heavy atom. The van der Waals surface area contributed by atoms with E-state index < -0.39 is 0 Å². The van der Waals surface area contributed by atoms with Crippen LogP contribution in [0.3, 0.4) is 0 Å². The first kappa shape index (κ1) is 13.1. The molecule has 5 nitrogen and oxygen atoms in total. The Balaban J connectivity index is 1.56. The second-order valence-corrected chi connectivity index (χ2v) is 5.94. The molecule has 0 bridgehead atoms. The summed E-state index contributed by atoms with van der Waals surface area (Å²) in [7, 11) is 2.13. The van der Waals surface area contributed by atoms with E-state index in [1.165, 1.54) is 32.1 Å². The maximum atomic E-state index is 5.41. The average Bonchev–Trinajstić information content (AvgIpc) is 3.08. The minimum atomic E-state index is 0.262. The molecule has 2 heterocycles. The summed E-state index contributed by atoms with van der Waals surface area (Å²) in [5, 5.41) is 7.55. The Labute approximate surface area is 114 Å². The lowest BCUT2D eigenvalue weighted by molar-refractivity contribution is 0.190. The molecule has 1 saturated carbocycles. The lowest BCUT2D eigenvalue weighted by atomic mass is 10.0. The maximum Gasteiger partial charge on any atom is 0.226 e. The highest BCUT2D eigenvalue weighted by molar-refractivity contribution is 4.98. The number of piperazine rings is 1. The minimum Gasteiger partial charge on any atom is -0.339 e. The molecule has 1 aliphatic carbocycles. The molecule has 2 fully saturated rings. The fourth-order valence-corrected chi connectivity index (χ4v) is 3.23. The molecule has 1 unspecified atom stereocenters. The van der Waals surface area contributed by atoms with Gasteiger partial charge in [-0.3, -0.25) is 4.90 Å². The number of rotatable bonds is 4. The molecule has 1 aliphatic heterocycles. The zero-order chi connectivity index (χ0) is 13.1. The molecule has 3 rings (SSSR count). The fourth-order valence-electron chi connectivity index (χ4n) is 3.23. The van der Waals surface area contributed by atoms with Gasteiger partial charge in [0.1, 0.15) is 0 Å². The molecule has 0 spiro atoms. The van der Waals surface area contributed by atoms with Gasteiger partial charge in [0.25, 0.3) is 0 Å². The number of hydrogen-bond acceptors (Lipinski definition) is 5. The number of aromatic nitrogens is 2. The van der Waals surface area contributed by atoms with E-state index in [1.807, 2.05) is 0 Å². The summed E-state index contributed by atoms with van der Waals surface area (Å²) >= 11 is 0. The average molecular weight is 264 g/mol. The fraction of sp³-hybridized carbons (Fsp3) is 0.857. The van der Waals surface area contributed by atoms with Crippen molar-refractivity contribution in [2.45, 2.75) is 44.6 Å². The predicted octanol–water partition coefficient (Wildman–Crippen LogP) is 1.77. The molecule has 0 amide bonds. The van der Waals surface area contributed by atoms with Gasteiger partial charge in [-0.15, -0.1) is 0 Å². The largest absolute Gasteiger partial charge is 0.339 e. The van der Waals surface area contributed by atoms with Crippen LogP contribution < -0.4 is 5.32 Å². The topological polar surface area (TPSA) is 54.2 Å². The predicted molar refractivity (Wildman–Crippen MR) is 72.8 cm³/mol. The second kappa shape index (κ2) is 6.01. The molecule has 1 aromatic heterocycles. The van der Waals surface area contributed by atoms with Crippen molar-refractivity contribution in [1.82, 2.24) is 20.4 Å². The third-order valence-corrected chi connectivity index (χ3v) is 4.53.